The van der Waals surface area contributed by atoms with Crippen LogP contribution in [0.25, 0.3) is 44.2 Å². The number of anilines is 3. The predicted octanol–water partition coefficient (Wildman–Crippen LogP) is 11.0. The van der Waals surface area contributed by atoms with E-state index in [0.717, 1.165) is 39.0 Å². The Labute approximate surface area is 240 Å². The van der Waals surface area contributed by atoms with E-state index in [1.54, 1.807) is 0 Å². The minimum absolute atomic E-state index is 0.0924. The maximum atomic E-state index is 6.56. The monoisotopic (exact) mass is 527 g/mol. The van der Waals surface area contributed by atoms with Gasteiger partial charge in [-0.25, -0.2) is 0 Å². The molecule has 1 heterocycles. The third-order valence-corrected chi connectivity index (χ3v) is 8.66. The molecule has 1 aliphatic carbocycles. The maximum absolute atomic E-state index is 6.56. The molecule has 0 saturated heterocycles. The van der Waals surface area contributed by atoms with Gasteiger partial charge < -0.3 is 9.32 Å². The summed E-state index contributed by atoms with van der Waals surface area (Å²) in [5.41, 5.74) is 12.7. The van der Waals surface area contributed by atoms with E-state index in [1.807, 2.05) is 6.07 Å². The molecule has 7 aromatic rings. The molecule has 1 aromatic heterocycles. The van der Waals surface area contributed by atoms with Crippen LogP contribution in [0.5, 0.6) is 0 Å². The molecule has 0 saturated carbocycles. The lowest BCUT2D eigenvalue weighted by molar-refractivity contribution is 0.660. The summed E-state index contributed by atoms with van der Waals surface area (Å²) in [7, 11) is 0. The van der Waals surface area contributed by atoms with E-state index in [9.17, 15) is 0 Å². The summed E-state index contributed by atoms with van der Waals surface area (Å²) >= 11 is 0. The van der Waals surface area contributed by atoms with Gasteiger partial charge in [-0.3, -0.25) is 0 Å². The number of hydrogen-bond donors (Lipinski definition) is 0. The van der Waals surface area contributed by atoms with Gasteiger partial charge in [0.15, 0.2) is 5.58 Å². The first-order valence-electron chi connectivity index (χ1n) is 14.2. The number of fused-ring (bicyclic) bond motifs is 6. The molecule has 0 unspecified atom stereocenters. The Morgan fingerprint density at radius 3 is 2.10 bits per heavy atom. The van der Waals surface area contributed by atoms with Gasteiger partial charge in [-0.15, -0.1) is 0 Å². The Kier molecular flexibility index (Phi) is 5.20. The SMILES string of the molecule is CC1(C)c2ccccc2-c2ccc(N(c3cccc(-c4ccccc4)c3)c3cccc4c3oc3ccccc34)cc21. The van der Waals surface area contributed by atoms with E-state index in [1.165, 1.54) is 33.4 Å². The topological polar surface area (TPSA) is 16.4 Å². The standard InChI is InChI=1S/C39H29NO/c1-39(2)34-19-8-6-16-30(34)31-23-22-29(25-35(31)39)40(28-15-10-14-27(24-28)26-12-4-3-5-13-26)36-20-11-18-33-32-17-7-9-21-37(32)41-38(33)36/h3-25H,1-2H3. The second-order valence-electron chi connectivity index (χ2n) is 11.4. The molecule has 0 N–H and O–H groups in total. The molecule has 0 fully saturated rings. The van der Waals surface area contributed by atoms with Gasteiger partial charge in [-0.1, -0.05) is 117 Å². The summed E-state index contributed by atoms with van der Waals surface area (Å²) < 4.78 is 6.56. The van der Waals surface area contributed by atoms with Crippen molar-refractivity contribution in [2.75, 3.05) is 4.90 Å². The normalized spacial score (nSPS) is 13.3. The van der Waals surface area contributed by atoms with Crippen molar-refractivity contribution in [1.29, 1.82) is 0 Å². The second kappa shape index (κ2) is 8.97. The Morgan fingerprint density at radius 2 is 1.20 bits per heavy atom. The molecule has 0 aliphatic heterocycles. The number of hydrogen-bond acceptors (Lipinski definition) is 2. The number of nitrogens with zero attached hydrogens (tertiary/aromatic N) is 1. The molecular weight excluding hydrogens is 498 g/mol. The maximum Gasteiger partial charge on any atom is 0.159 e. The van der Waals surface area contributed by atoms with Gasteiger partial charge in [0, 0.05) is 27.6 Å². The molecule has 41 heavy (non-hydrogen) atoms. The molecule has 6 aromatic carbocycles. The number of para-hydroxylation sites is 2. The van der Waals surface area contributed by atoms with E-state index in [0.29, 0.717) is 0 Å². The van der Waals surface area contributed by atoms with Gasteiger partial charge in [0.2, 0.25) is 0 Å². The summed E-state index contributed by atoms with van der Waals surface area (Å²) in [5.74, 6) is 0. The summed E-state index contributed by atoms with van der Waals surface area (Å²) in [5, 5.41) is 2.25. The Balaban J connectivity index is 1.38. The zero-order chi connectivity index (χ0) is 27.6. The van der Waals surface area contributed by atoms with Gasteiger partial charge in [0.25, 0.3) is 0 Å². The highest BCUT2D eigenvalue weighted by molar-refractivity contribution is 6.10. The predicted molar refractivity (Wildman–Crippen MR) is 171 cm³/mol. The summed E-state index contributed by atoms with van der Waals surface area (Å²) in [6.07, 6.45) is 0. The van der Waals surface area contributed by atoms with E-state index >= 15 is 0 Å². The zero-order valence-electron chi connectivity index (χ0n) is 23.1. The summed E-state index contributed by atoms with van der Waals surface area (Å²) in [4.78, 5) is 2.36. The molecule has 0 atom stereocenters. The first-order valence-corrected chi connectivity index (χ1v) is 14.2. The van der Waals surface area contributed by atoms with E-state index in [4.69, 9.17) is 4.42 Å². The molecule has 2 heteroatoms. The van der Waals surface area contributed by atoms with E-state index in [2.05, 4.69) is 152 Å². The highest BCUT2D eigenvalue weighted by Crippen LogP contribution is 2.51. The average molecular weight is 528 g/mol. The number of furan rings is 1. The van der Waals surface area contributed by atoms with Gasteiger partial charge >= 0.3 is 0 Å². The highest BCUT2D eigenvalue weighted by atomic mass is 16.3. The van der Waals surface area contributed by atoms with Crippen molar-refractivity contribution < 1.29 is 4.42 Å². The Hall–Kier alpha value is -5.08. The van der Waals surface area contributed by atoms with Crippen LogP contribution in [0, 0.1) is 0 Å². The van der Waals surface area contributed by atoms with Gasteiger partial charge in [-0.05, 0) is 69.8 Å². The number of rotatable bonds is 4. The minimum Gasteiger partial charge on any atom is -0.454 e. The van der Waals surface area contributed by atoms with Gasteiger partial charge in [-0.2, -0.15) is 0 Å². The summed E-state index contributed by atoms with van der Waals surface area (Å²) in [6, 6.07) is 49.9. The van der Waals surface area contributed by atoms with Crippen LogP contribution in [-0.2, 0) is 5.41 Å². The lowest BCUT2D eigenvalue weighted by Crippen LogP contribution is -2.16. The quantitative estimate of drug-likeness (QED) is 0.226. The van der Waals surface area contributed by atoms with Crippen molar-refractivity contribution in [2.45, 2.75) is 19.3 Å². The van der Waals surface area contributed by atoms with Gasteiger partial charge in [0.1, 0.15) is 5.58 Å². The smallest absolute Gasteiger partial charge is 0.159 e. The van der Waals surface area contributed by atoms with Crippen LogP contribution in [0.4, 0.5) is 17.1 Å². The van der Waals surface area contributed by atoms with E-state index < -0.39 is 0 Å². The Morgan fingerprint density at radius 1 is 0.512 bits per heavy atom. The third-order valence-electron chi connectivity index (χ3n) is 8.66. The van der Waals surface area contributed by atoms with Crippen molar-refractivity contribution in [3.63, 3.8) is 0 Å². The second-order valence-corrected chi connectivity index (χ2v) is 11.4. The minimum atomic E-state index is -0.0924. The van der Waals surface area contributed by atoms with Crippen LogP contribution in [0.15, 0.2) is 144 Å². The fraction of sp³-hybridized carbons (Fsp3) is 0.0769. The molecule has 8 rings (SSSR count). The number of benzene rings is 6. The van der Waals surface area contributed by atoms with Gasteiger partial charge in [0.05, 0.1) is 5.69 Å². The van der Waals surface area contributed by atoms with Crippen LogP contribution in [0.3, 0.4) is 0 Å². The van der Waals surface area contributed by atoms with Crippen LogP contribution in [0.1, 0.15) is 25.0 Å². The molecular formula is C39H29NO. The fourth-order valence-corrected chi connectivity index (χ4v) is 6.62. The van der Waals surface area contributed by atoms with Crippen LogP contribution < -0.4 is 4.90 Å². The van der Waals surface area contributed by atoms with Crippen molar-refractivity contribution in [3.8, 4) is 22.3 Å². The zero-order valence-corrected chi connectivity index (χ0v) is 23.1. The van der Waals surface area contributed by atoms with Crippen molar-refractivity contribution in [3.05, 3.63) is 151 Å². The van der Waals surface area contributed by atoms with Crippen molar-refractivity contribution >= 4 is 39.0 Å². The molecule has 1 aliphatic rings. The molecule has 2 nitrogen and oxygen atoms in total. The first kappa shape index (κ1) is 23.8. The van der Waals surface area contributed by atoms with E-state index in [-0.39, 0.29) is 5.41 Å². The third kappa shape index (κ3) is 3.64. The fourth-order valence-electron chi connectivity index (χ4n) is 6.62. The van der Waals surface area contributed by atoms with Crippen molar-refractivity contribution in [1.82, 2.24) is 0 Å². The van der Waals surface area contributed by atoms with Crippen molar-refractivity contribution in [2.24, 2.45) is 0 Å². The molecule has 196 valence electrons. The van der Waals surface area contributed by atoms with Crippen LogP contribution in [0.2, 0.25) is 0 Å². The summed E-state index contributed by atoms with van der Waals surface area (Å²) in [6.45, 7) is 4.67. The Bertz CT molecular complexity index is 2080. The lowest BCUT2D eigenvalue weighted by Gasteiger charge is -2.28. The van der Waals surface area contributed by atoms with Crippen LogP contribution >= 0.6 is 0 Å². The lowest BCUT2D eigenvalue weighted by atomic mass is 9.82. The largest absolute Gasteiger partial charge is 0.454 e. The molecule has 0 amide bonds. The molecule has 0 spiro atoms. The first-order chi connectivity index (χ1) is 20.1. The average Bonchev–Trinajstić information content (AvgIpc) is 3.51. The van der Waals surface area contributed by atoms with Crippen LogP contribution in [-0.4, -0.2) is 0 Å². The molecule has 0 bridgehead atoms. The highest BCUT2D eigenvalue weighted by Gasteiger charge is 2.35. The molecule has 0 radical (unpaired) electrons.